The number of hydrogen-bond donors (Lipinski definition) is 2. The summed E-state index contributed by atoms with van der Waals surface area (Å²) in [5, 5.41) is 11.5. The number of anilines is 1. The van der Waals surface area contributed by atoms with Crippen molar-refractivity contribution < 1.29 is 14.7 Å². The number of amides is 1. The molecule has 0 unspecified atom stereocenters. The van der Waals surface area contributed by atoms with Crippen molar-refractivity contribution in [3.8, 4) is 0 Å². The van der Waals surface area contributed by atoms with Crippen molar-refractivity contribution in [3.63, 3.8) is 0 Å². The lowest BCUT2D eigenvalue weighted by Crippen LogP contribution is -2.16. The van der Waals surface area contributed by atoms with Gasteiger partial charge in [0.25, 0.3) is 0 Å². The van der Waals surface area contributed by atoms with Gasteiger partial charge in [-0.25, -0.2) is 9.78 Å². The van der Waals surface area contributed by atoms with Gasteiger partial charge < -0.3 is 10.4 Å². The summed E-state index contributed by atoms with van der Waals surface area (Å²) in [5.41, 5.74) is 0.844. The third-order valence-corrected chi connectivity index (χ3v) is 2.62. The zero-order chi connectivity index (χ0) is 14.4. The van der Waals surface area contributed by atoms with E-state index in [1.54, 1.807) is 18.3 Å². The summed E-state index contributed by atoms with van der Waals surface area (Å²) in [6.07, 6.45) is 3.75. The van der Waals surface area contributed by atoms with Crippen LogP contribution in [0.2, 0.25) is 0 Å². The molecule has 0 aliphatic heterocycles. The lowest BCUT2D eigenvalue weighted by molar-refractivity contribution is -0.116. The molecule has 102 valence electrons. The van der Waals surface area contributed by atoms with Gasteiger partial charge in [-0.3, -0.25) is 9.78 Å². The second-order valence-corrected chi connectivity index (χ2v) is 4.07. The van der Waals surface area contributed by atoms with Crippen LogP contribution in [0, 0.1) is 0 Å². The van der Waals surface area contributed by atoms with Gasteiger partial charge in [0.1, 0.15) is 0 Å². The lowest BCUT2D eigenvalue weighted by atomic mass is 10.2. The molecule has 1 amide bonds. The van der Waals surface area contributed by atoms with Gasteiger partial charge >= 0.3 is 5.97 Å². The molecule has 2 aromatic heterocycles. The average molecular weight is 271 g/mol. The molecule has 0 aliphatic carbocycles. The summed E-state index contributed by atoms with van der Waals surface area (Å²) in [7, 11) is 0. The standard InChI is InChI=1S/C14H13N3O3/c18-12(7-6-10-4-1-2-8-15-10)17-11-5-3-9-16-13(11)14(19)20/h1-5,8-9H,6-7H2,(H,17,18)(H,19,20). The molecule has 2 N–H and O–H groups in total. The first-order chi connectivity index (χ1) is 9.66. The Balaban J connectivity index is 1.97. The first kappa shape index (κ1) is 13.7. The van der Waals surface area contributed by atoms with Gasteiger partial charge in [-0.05, 0) is 30.7 Å². The summed E-state index contributed by atoms with van der Waals surface area (Å²) in [6.45, 7) is 0. The second kappa shape index (κ2) is 6.42. The van der Waals surface area contributed by atoms with Gasteiger partial charge in [0.05, 0.1) is 5.69 Å². The normalized spacial score (nSPS) is 10.0. The molecular weight excluding hydrogens is 258 g/mol. The Labute approximate surface area is 115 Å². The van der Waals surface area contributed by atoms with Gasteiger partial charge in [-0.2, -0.15) is 0 Å². The Hall–Kier alpha value is -2.76. The van der Waals surface area contributed by atoms with Crippen molar-refractivity contribution in [2.24, 2.45) is 0 Å². The van der Waals surface area contributed by atoms with Crippen LogP contribution in [0.5, 0.6) is 0 Å². The Kier molecular flexibility index (Phi) is 4.39. The monoisotopic (exact) mass is 271 g/mol. The molecule has 0 bridgehead atoms. The zero-order valence-corrected chi connectivity index (χ0v) is 10.6. The highest BCUT2D eigenvalue weighted by Gasteiger charge is 2.13. The van der Waals surface area contributed by atoms with Crippen LogP contribution in [0.25, 0.3) is 0 Å². The molecule has 2 aromatic rings. The molecule has 0 spiro atoms. The predicted molar refractivity (Wildman–Crippen MR) is 72.4 cm³/mol. The Morgan fingerprint density at radius 1 is 1.10 bits per heavy atom. The van der Waals surface area contributed by atoms with Crippen molar-refractivity contribution in [1.82, 2.24) is 9.97 Å². The summed E-state index contributed by atoms with van der Waals surface area (Å²) in [4.78, 5) is 30.6. The van der Waals surface area contributed by atoms with Gasteiger partial charge in [0, 0.05) is 24.5 Å². The molecule has 0 radical (unpaired) electrons. The Bertz CT molecular complexity index is 614. The topological polar surface area (TPSA) is 92.2 Å². The van der Waals surface area contributed by atoms with E-state index in [-0.39, 0.29) is 23.7 Å². The highest BCUT2D eigenvalue weighted by atomic mass is 16.4. The molecule has 0 saturated carbocycles. The number of nitrogens with one attached hydrogen (secondary N) is 1. The maximum atomic E-state index is 11.8. The number of carboxylic acids is 1. The van der Waals surface area contributed by atoms with Gasteiger partial charge in [-0.15, -0.1) is 0 Å². The van der Waals surface area contributed by atoms with E-state index in [4.69, 9.17) is 5.11 Å². The highest BCUT2D eigenvalue weighted by molar-refractivity contribution is 5.99. The molecule has 6 heteroatoms. The van der Waals surface area contributed by atoms with E-state index in [1.165, 1.54) is 12.3 Å². The van der Waals surface area contributed by atoms with E-state index in [1.807, 2.05) is 12.1 Å². The fraction of sp³-hybridized carbons (Fsp3) is 0.143. The minimum Gasteiger partial charge on any atom is -0.476 e. The van der Waals surface area contributed by atoms with Crippen LogP contribution in [-0.2, 0) is 11.2 Å². The van der Waals surface area contributed by atoms with E-state index < -0.39 is 5.97 Å². The van der Waals surface area contributed by atoms with Crippen LogP contribution in [-0.4, -0.2) is 27.0 Å². The minimum absolute atomic E-state index is 0.168. The Morgan fingerprint density at radius 2 is 1.90 bits per heavy atom. The molecule has 0 aliphatic rings. The molecular formula is C14H13N3O3. The average Bonchev–Trinajstić information content (AvgIpc) is 2.46. The van der Waals surface area contributed by atoms with Crippen LogP contribution in [0.3, 0.4) is 0 Å². The van der Waals surface area contributed by atoms with Crippen LogP contribution in [0.15, 0.2) is 42.7 Å². The van der Waals surface area contributed by atoms with Gasteiger partial charge in [0.15, 0.2) is 5.69 Å². The number of aromatic nitrogens is 2. The zero-order valence-electron chi connectivity index (χ0n) is 10.6. The molecule has 0 atom stereocenters. The van der Waals surface area contributed by atoms with Crippen LogP contribution in [0.4, 0.5) is 5.69 Å². The number of rotatable bonds is 5. The van der Waals surface area contributed by atoms with Crippen LogP contribution in [0.1, 0.15) is 22.6 Å². The van der Waals surface area contributed by atoms with Crippen molar-refractivity contribution in [2.75, 3.05) is 5.32 Å². The quantitative estimate of drug-likeness (QED) is 0.864. The van der Waals surface area contributed by atoms with Crippen molar-refractivity contribution in [1.29, 1.82) is 0 Å². The first-order valence-corrected chi connectivity index (χ1v) is 6.05. The third kappa shape index (κ3) is 3.61. The number of hydrogen-bond acceptors (Lipinski definition) is 4. The molecule has 0 aromatic carbocycles. The van der Waals surface area contributed by atoms with Crippen molar-refractivity contribution >= 4 is 17.6 Å². The smallest absolute Gasteiger partial charge is 0.356 e. The molecule has 2 heterocycles. The second-order valence-electron chi connectivity index (χ2n) is 4.07. The van der Waals surface area contributed by atoms with Gasteiger partial charge in [-0.1, -0.05) is 6.07 Å². The van der Waals surface area contributed by atoms with E-state index in [0.29, 0.717) is 6.42 Å². The van der Waals surface area contributed by atoms with E-state index in [0.717, 1.165) is 5.69 Å². The molecule has 0 fully saturated rings. The number of carbonyl (C=O) groups excluding carboxylic acids is 1. The summed E-state index contributed by atoms with van der Waals surface area (Å²) in [5.74, 6) is -1.45. The predicted octanol–water partition coefficient (Wildman–Crippen LogP) is 1.75. The number of carbonyl (C=O) groups is 2. The SMILES string of the molecule is O=C(CCc1ccccn1)Nc1cccnc1C(=O)O. The van der Waals surface area contributed by atoms with E-state index in [9.17, 15) is 9.59 Å². The first-order valence-electron chi connectivity index (χ1n) is 6.05. The minimum atomic E-state index is -1.18. The number of carboxylic acid groups (broad SMARTS) is 1. The number of aromatic carboxylic acids is 1. The molecule has 6 nitrogen and oxygen atoms in total. The fourth-order valence-electron chi connectivity index (χ4n) is 1.68. The van der Waals surface area contributed by atoms with E-state index >= 15 is 0 Å². The number of aryl methyl sites for hydroxylation is 1. The lowest BCUT2D eigenvalue weighted by Gasteiger charge is -2.07. The van der Waals surface area contributed by atoms with Crippen molar-refractivity contribution in [3.05, 3.63) is 54.1 Å². The highest BCUT2D eigenvalue weighted by Crippen LogP contribution is 2.12. The maximum absolute atomic E-state index is 11.8. The Morgan fingerprint density at radius 3 is 2.60 bits per heavy atom. The molecule has 0 saturated heterocycles. The molecule has 2 rings (SSSR count). The summed E-state index contributed by atoms with van der Waals surface area (Å²) >= 11 is 0. The summed E-state index contributed by atoms with van der Waals surface area (Å²) < 4.78 is 0. The van der Waals surface area contributed by atoms with Crippen molar-refractivity contribution in [2.45, 2.75) is 12.8 Å². The fourth-order valence-corrected chi connectivity index (χ4v) is 1.68. The van der Waals surface area contributed by atoms with Crippen LogP contribution >= 0.6 is 0 Å². The molecule has 20 heavy (non-hydrogen) atoms. The number of nitrogens with zero attached hydrogens (tertiary/aromatic N) is 2. The van der Waals surface area contributed by atoms with E-state index in [2.05, 4.69) is 15.3 Å². The largest absolute Gasteiger partial charge is 0.476 e. The number of pyridine rings is 2. The van der Waals surface area contributed by atoms with Crippen LogP contribution < -0.4 is 5.32 Å². The summed E-state index contributed by atoms with van der Waals surface area (Å²) in [6, 6.07) is 8.57. The van der Waals surface area contributed by atoms with Gasteiger partial charge in [0.2, 0.25) is 5.91 Å². The maximum Gasteiger partial charge on any atom is 0.356 e. The third-order valence-electron chi connectivity index (χ3n) is 2.62.